The van der Waals surface area contributed by atoms with E-state index in [0.29, 0.717) is 18.7 Å². The number of amides is 1. The highest BCUT2D eigenvalue weighted by molar-refractivity contribution is 5.85. The molecule has 196 valence electrons. The van der Waals surface area contributed by atoms with E-state index in [1.807, 2.05) is 0 Å². The first-order valence-electron chi connectivity index (χ1n) is 12.1. The Morgan fingerprint density at radius 2 is 1.81 bits per heavy atom. The van der Waals surface area contributed by atoms with Crippen LogP contribution in [0.15, 0.2) is 48.5 Å². The summed E-state index contributed by atoms with van der Waals surface area (Å²) in [6.07, 6.45) is -1.14. The quantitative estimate of drug-likeness (QED) is 0.494. The summed E-state index contributed by atoms with van der Waals surface area (Å²) in [4.78, 5) is 13.5. The molecule has 0 bridgehead atoms. The summed E-state index contributed by atoms with van der Waals surface area (Å²) < 4.78 is 57.5. The van der Waals surface area contributed by atoms with E-state index < -0.39 is 29.7 Å². The van der Waals surface area contributed by atoms with Crippen LogP contribution in [0, 0.1) is 11.6 Å². The number of carbonyl (C=O) groups is 1. The highest BCUT2D eigenvalue weighted by Crippen LogP contribution is 2.44. The van der Waals surface area contributed by atoms with Crippen LogP contribution in [-0.2, 0) is 41.7 Å². The lowest BCUT2D eigenvalue weighted by Crippen LogP contribution is -2.60. The molecule has 36 heavy (non-hydrogen) atoms. The number of hydrogen-bond acceptors (Lipinski definition) is 6. The van der Waals surface area contributed by atoms with Gasteiger partial charge in [0.05, 0.1) is 32.0 Å². The zero-order valence-electron chi connectivity index (χ0n) is 20.8. The lowest BCUT2D eigenvalue weighted by Gasteiger charge is -2.43. The number of methoxy groups -OCH3 is 1. The molecule has 0 spiro atoms. The summed E-state index contributed by atoms with van der Waals surface area (Å²) in [7, 11) is 1.55. The van der Waals surface area contributed by atoms with E-state index >= 15 is 0 Å². The Bertz CT molecular complexity index is 1030. The normalized spacial score (nSPS) is 27.0. The maximum absolute atomic E-state index is 14.3. The standard InChI is InChI=1S/C27H33F2NO6/c1-26(2)35-23-15-27(25(31)30-12-13-32-3,34-16-18-8-10-20(28)11-9-18)14-22(24(23)36-26)33-17-19-6-4-5-7-21(19)29/h4-11,22-24H,12-17H2,1-3H3,(H,30,31)/t22?,23-,24+,27-/m1/s1. The molecule has 2 fully saturated rings. The van der Waals surface area contributed by atoms with Crippen LogP contribution in [0.3, 0.4) is 0 Å². The summed E-state index contributed by atoms with van der Waals surface area (Å²) in [5.74, 6) is -1.93. The third-order valence-electron chi connectivity index (χ3n) is 6.49. The molecule has 0 aromatic heterocycles. The molecule has 1 N–H and O–H groups in total. The van der Waals surface area contributed by atoms with Crippen LogP contribution < -0.4 is 5.32 Å². The number of benzene rings is 2. The largest absolute Gasteiger partial charge is 0.383 e. The van der Waals surface area contributed by atoms with Crippen LogP contribution in [0.4, 0.5) is 8.78 Å². The predicted octanol–water partition coefficient (Wildman–Crippen LogP) is 3.88. The Labute approximate surface area is 210 Å². The Balaban J connectivity index is 1.59. The van der Waals surface area contributed by atoms with Crippen molar-refractivity contribution in [2.24, 2.45) is 0 Å². The Hall–Kier alpha value is -2.43. The first kappa shape index (κ1) is 26.6. The molecule has 1 amide bonds. The van der Waals surface area contributed by atoms with E-state index in [4.69, 9.17) is 23.7 Å². The highest BCUT2D eigenvalue weighted by Gasteiger charge is 2.58. The van der Waals surface area contributed by atoms with Crippen molar-refractivity contribution in [2.75, 3.05) is 20.3 Å². The molecule has 7 nitrogen and oxygen atoms in total. The fourth-order valence-corrected chi connectivity index (χ4v) is 4.75. The second-order valence-corrected chi connectivity index (χ2v) is 9.65. The maximum Gasteiger partial charge on any atom is 0.252 e. The van der Waals surface area contributed by atoms with Crippen molar-refractivity contribution < 1.29 is 37.3 Å². The molecular formula is C27H33F2NO6. The van der Waals surface area contributed by atoms with Gasteiger partial charge in [-0.2, -0.15) is 0 Å². The van der Waals surface area contributed by atoms with Gasteiger partial charge in [-0.05, 0) is 37.6 Å². The van der Waals surface area contributed by atoms with Gasteiger partial charge >= 0.3 is 0 Å². The first-order chi connectivity index (χ1) is 17.2. The third kappa shape index (κ3) is 6.27. The number of rotatable bonds is 10. The van der Waals surface area contributed by atoms with Crippen molar-refractivity contribution in [3.05, 3.63) is 71.3 Å². The number of ether oxygens (including phenoxy) is 5. The Morgan fingerprint density at radius 1 is 1.06 bits per heavy atom. The average molecular weight is 506 g/mol. The van der Waals surface area contributed by atoms with Crippen LogP contribution in [0.1, 0.15) is 37.8 Å². The van der Waals surface area contributed by atoms with Crippen molar-refractivity contribution in [1.29, 1.82) is 0 Å². The summed E-state index contributed by atoms with van der Waals surface area (Å²) >= 11 is 0. The zero-order valence-corrected chi connectivity index (χ0v) is 20.8. The molecule has 4 rings (SSSR count). The topological polar surface area (TPSA) is 75.3 Å². The van der Waals surface area contributed by atoms with Gasteiger partial charge in [-0.3, -0.25) is 4.79 Å². The van der Waals surface area contributed by atoms with Crippen molar-refractivity contribution in [2.45, 2.75) is 69.6 Å². The molecule has 9 heteroatoms. The van der Waals surface area contributed by atoms with E-state index in [1.54, 1.807) is 51.3 Å². The molecule has 1 aliphatic carbocycles. The lowest BCUT2D eigenvalue weighted by molar-refractivity contribution is -0.183. The summed E-state index contributed by atoms with van der Waals surface area (Å²) in [5, 5.41) is 2.88. The van der Waals surface area contributed by atoms with Gasteiger partial charge in [0.15, 0.2) is 11.4 Å². The molecule has 2 aromatic carbocycles. The molecule has 1 saturated heterocycles. The van der Waals surface area contributed by atoms with E-state index in [1.165, 1.54) is 18.2 Å². The molecule has 0 radical (unpaired) electrons. The molecule has 1 unspecified atom stereocenters. The lowest BCUT2D eigenvalue weighted by atomic mass is 9.78. The smallest absolute Gasteiger partial charge is 0.252 e. The molecule has 2 aliphatic rings. The second kappa shape index (κ2) is 11.3. The zero-order chi connectivity index (χ0) is 25.8. The van der Waals surface area contributed by atoms with Crippen molar-refractivity contribution in [1.82, 2.24) is 5.32 Å². The Morgan fingerprint density at radius 3 is 2.53 bits per heavy atom. The second-order valence-electron chi connectivity index (χ2n) is 9.65. The van der Waals surface area contributed by atoms with Gasteiger partial charge < -0.3 is 29.0 Å². The highest BCUT2D eigenvalue weighted by atomic mass is 19.1. The van der Waals surface area contributed by atoms with Gasteiger partial charge in [0.2, 0.25) is 0 Å². The van der Waals surface area contributed by atoms with Crippen LogP contribution in [0.2, 0.25) is 0 Å². The van der Waals surface area contributed by atoms with Gasteiger partial charge in [0, 0.05) is 32.1 Å². The van der Waals surface area contributed by atoms with E-state index in [0.717, 1.165) is 5.56 Å². The van der Waals surface area contributed by atoms with Crippen LogP contribution in [0.25, 0.3) is 0 Å². The molecule has 1 saturated carbocycles. The van der Waals surface area contributed by atoms with Crippen molar-refractivity contribution in [3.63, 3.8) is 0 Å². The summed E-state index contributed by atoms with van der Waals surface area (Å²) in [5.41, 5.74) is -0.192. The minimum absolute atomic E-state index is 0.00366. The van der Waals surface area contributed by atoms with Gasteiger partial charge in [0.25, 0.3) is 5.91 Å². The van der Waals surface area contributed by atoms with Crippen LogP contribution in [-0.4, -0.2) is 55.9 Å². The van der Waals surface area contributed by atoms with E-state index in [9.17, 15) is 13.6 Å². The number of nitrogens with one attached hydrogen (secondary N) is 1. The number of hydrogen-bond donors (Lipinski definition) is 1. The maximum atomic E-state index is 14.3. The minimum atomic E-state index is -1.31. The molecular weight excluding hydrogens is 472 g/mol. The summed E-state index contributed by atoms with van der Waals surface area (Å²) in [6, 6.07) is 12.3. The number of halogens is 2. The number of fused-ring (bicyclic) bond motifs is 1. The van der Waals surface area contributed by atoms with Gasteiger partial charge in [-0.25, -0.2) is 8.78 Å². The Kier molecular flexibility index (Phi) is 8.37. The predicted molar refractivity (Wildman–Crippen MR) is 127 cm³/mol. The molecule has 1 aliphatic heterocycles. The van der Waals surface area contributed by atoms with Gasteiger partial charge in [0.1, 0.15) is 17.7 Å². The van der Waals surface area contributed by atoms with Crippen LogP contribution >= 0.6 is 0 Å². The van der Waals surface area contributed by atoms with Crippen molar-refractivity contribution in [3.8, 4) is 0 Å². The molecule has 4 atom stereocenters. The van der Waals surface area contributed by atoms with Gasteiger partial charge in [-0.15, -0.1) is 0 Å². The SMILES string of the molecule is COCCNC(=O)[C@@]1(OCc2ccc(F)cc2)CC(OCc2ccccc2F)[C@@H]2OC(C)(C)O[C@@H]2C1. The first-order valence-corrected chi connectivity index (χ1v) is 12.1. The molecule has 1 heterocycles. The van der Waals surface area contributed by atoms with Crippen molar-refractivity contribution >= 4 is 5.91 Å². The third-order valence-corrected chi connectivity index (χ3v) is 6.49. The monoisotopic (exact) mass is 505 g/mol. The van der Waals surface area contributed by atoms with Gasteiger partial charge in [-0.1, -0.05) is 30.3 Å². The van der Waals surface area contributed by atoms with Crippen LogP contribution in [0.5, 0.6) is 0 Å². The van der Waals surface area contributed by atoms with E-state index in [-0.39, 0.29) is 43.6 Å². The molecule has 2 aromatic rings. The minimum Gasteiger partial charge on any atom is -0.383 e. The van der Waals surface area contributed by atoms with E-state index in [2.05, 4.69) is 5.32 Å². The number of carbonyl (C=O) groups excluding carboxylic acids is 1. The fourth-order valence-electron chi connectivity index (χ4n) is 4.75. The average Bonchev–Trinajstić information content (AvgIpc) is 3.16. The fraction of sp³-hybridized carbons (Fsp3) is 0.519. The summed E-state index contributed by atoms with van der Waals surface area (Å²) in [6.45, 7) is 4.33.